The van der Waals surface area contributed by atoms with Crippen molar-refractivity contribution in [3.05, 3.63) is 29.8 Å². The summed E-state index contributed by atoms with van der Waals surface area (Å²) in [4.78, 5) is 47.7. The lowest BCUT2D eigenvalue weighted by Gasteiger charge is -2.31. The van der Waals surface area contributed by atoms with Crippen molar-refractivity contribution in [2.75, 3.05) is 27.7 Å². The van der Waals surface area contributed by atoms with Crippen LogP contribution in [0.5, 0.6) is 0 Å². The van der Waals surface area contributed by atoms with Crippen LogP contribution in [0.2, 0.25) is 0 Å². The van der Waals surface area contributed by atoms with Gasteiger partial charge in [-0.25, -0.2) is 13.2 Å². The second-order valence-electron chi connectivity index (χ2n) is 8.92. The highest BCUT2D eigenvalue weighted by molar-refractivity contribution is 7.89. The number of hydrogen-bond donors (Lipinski definition) is 2. The maximum absolute atomic E-state index is 13.0. The molecule has 11 nitrogen and oxygen atoms in total. The molecular formula is C22H25F6N3O8S. The van der Waals surface area contributed by atoms with Gasteiger partial charge in [0.2, 0.25) is 21.8 Å². The number of esters is 1. The number of likely N-dealkylation sites (tertiary alicyclic amines) is 1. The van der Waals surface area contributed by atoms with E-state index in [9.17, 15) is 49.1 Å². The number of ether oxygens (including phenoxy) is 1. The van der Waals surface area contributed by atoms with Gasteiger partial charge in [0.25, 0.3) is 0 Å². The van der Waals surface area contributed by atoms with E-state index in [4.69, 9.17) is 14.6 Å². The Labute approximate surface area is 224 Å². The Morgan fingerprint density at radius 1 is 1.10 bits per heavy atom. The van der Waals surface area contributed by atoms with Gasteiger partial charge in [0.05, 0.1) is 29.4 Å². The zero-order valence-electron chi connectivity index (χ0n) is 21.3. The van der Waals surface area contributed by atoms with E-state index in [0.717, 1.165) is 28.4 Å². The monoisotopic (exact) mass is 605 g/mol. The Morgan fingerprint density at radius 3 is 2.00 bits per heavy atom. The van der Waals surface area contributed by atoms with Gasteiger partial charge in [-0.2, -0.15) is 30.6 Å². The fourth-order valence-corrected chi connectivity index (χ4v) is 5.83. The van der Waals surface area contributed by atoms with Crippen molar-refractivity contribution in [2.45, 2.75) is 42.2 Å². The Hall–Kier alpha value is -3.25. The lowest BCUT2D eigenvalue weighted by molar-refractivity contribution is -0.192. The van der Waals surface area contributed by atoms with Gasteiger partial charge in [0.1, 0.15) is 5.54 Å². The molecule has 4 atom stereocenters. The highest BCUT2D eigenvalue weighted by Crippen LogP contribution is 2.45. The molecule has 2 saturated heterocycles. The molecule has 2 amide bonds. The van der Waals surface area contributed by atoms with Gasteiger partial charge in [0, 0.05) is 26.7 Å². The van der Waals surface area contributed by atoms with Crippen LogP contribution in [0.1, 0.15) is 18.9 Å². The van der Waals surface area contributed by atoms with Gasteiger partial charge in [-0.05, 0) is 30.7 Å². The zero-order valence-corrected chi connectivity index (χ0v) is 22.1. The Kier molecular flexibility index (Phi) is 9.33. The Balaban J connectivity index is 0.000000708. The molecule has 18 heteroatoms. The second-order valence-corrected chi connectivity index (χ2v) is 11.0. The number of aliphatic carboxylic acids is 1. The number of hydrogen-bond acceptors (Lipinski definition) is 8. The summed E-state index contributed by atoms with van der Waals surface area (Å²) in [6.45, 7) is 1.33. The summed E-state index contributed by atoms with van der Waals surface area (Å²) in [5.74, 6) is -6.70. The minimum absolute atomic E-state index is 0.111. The molecule has 2 aliphatic rings. The van der Waals surface area contributed by atoms with Gasteiger partial charge in [-0.1, -0.05) is 6.92 Å². The summed E-state index contributed by atoms with van der Waals surface area (Å²) in [6.07, 6.45) is -9.59. The quantitative estimate of drug-likeness (QED) is 0.279. The van der Waals surface area contributed by atoms with Gasteiger partial charge in [-0.3, -0.25) is 24.6 Å². The molecule has 2 heterocycles. The second kappa shape index (κ2) is 11.3. The molecule has 0 aliphatic carbocycles. The number of halogens is 6. The lowest BCUT2D eigenvalue weighted by atomic mass is 9.78. The summed E-state index contributed by atoms with van der Waals surface area (Å²) < 4.78 is 102. The number of carbonyl (C=O) groups excluding carboxylic acids is 3. The van der Waals surface area contributed by atoms with E-state index in [0.29, 0.717) is 12.1 Å². The van der Waals surface area contributed by atoms with Crippen LogP contribution in [-0.4, -0.2) is 92.0 Å². The molecule has 0 aromatic heterocycles. The third-order valence-electron chi connectivity index (χ3n) is 6.67. The predicted octanol–water partition coefficient (Wildman–Crippen LogP) is 1.48. The van der Waals surface area contributed by atoms with Crippen LogP contribution in [0.15, 0.2) is 29.2 Å². The van der Waals surface area contributed by atoms with Crippen LogP contribution in [0.3, 0.4) is 0 Å². The summed E-state index contributed by atoms with van der Waals surface area (Å²) in [5, 5.41) is 10.1. The van der Waals surface area contributed by atoms with Gasteiger partial charge in [0.15, 0.2) is 0 Å². The lowest BCUT2D eigenvalue weighted by Crippen LogP contribution is -2.57. The van der Waals surface area contributed by atoms with Crippen molar-refractivity contribution in [3.8, 4) is 0 Å². The molecule has 40 heavy (non-hydrogen) atoms. The average molecular weight is 606 g/mol. The number of fused-ring (bicyclic) bond motifs is 1. The van der Waals surface area contributed by atoms with Gasteiger partial charge >= 0.3 is 24.3 Å². The first-order valence-electron chi connectivity index (χ1n) is 11.3. The molecule has 2 N–H and O–H groups in total. The molecule has 0 saturated carbocycles. The number of nitrogens with one attached hydrogen (secondary N) is 1. The van der Waals surface area contributed by atoms with Gasteiger partial charge < -0.3 is 9.84 Å². The van der Waals surface area contributed by atoms with Crippen LogP contribution < -0.4 is 5.32 Å². The van der Waals surface area contributed by atoms with E-state index in [-0.39, 0.29) is 17.9 Å². The molecule has 0 radical (unpaired) electrons. The third kappa shape index (κ3) is 6.07. The van der Waals surface area contributed by atoms with Gasteiger partial charge in [-0.15, -0.1) is 0 Å². The largest absolute Gasteiger partial charge is 0.490 e. The molecule has 0 bridgehead atoms. The standard InChI is InChI=1S/C20H24F3N3O6S.C2HF3O2/c1-5-19(18(29)32-4)15-14(16(27)26(3)17(15)28)13(24-19)10-25(2)33(30,31)12-8-6-11(7-9-12)20(21,22)23;3-2(4,5)1(6)7/h6-9,13-15,24H,5,10H2,1-4H3;(H,6,7)/t13-,14+,15-,19-;/m1./s1. The van der Waals surface area contributed by atoms with E-state index < -0.39 is 75.1 Å². The topological polar surface area (TPSA) is 150 Å². The summed E-state index contributed by atoms with van der Waals surface area (Å²) in [5.41, 5.74) is -2.51. The van der Waals surface area contributed by atoms with Crippen LogP contribution in [0.4, 0.5) is 26.3 Å². The first kappa shape index (κ1) is 33.0. The van der Waals surface area contributed by atoms with Crippen molar-refractivity contribution in [1.82, 2.24) is 14.5 Å². The minimum Gasteiger partial charge on any atom is -0.475 e. The maximum atomic E-state index is 13.0. The molecule has 0 spiro atoms. The van der Waals surface area contributed by atoms with Crippen molar-refractivity contribution in [2.24, 2.45) is 11.8 Å². The highest BCUT2D eigenvalue weighted by atomic mass is 32.2. The SMILES string of the molecule is CC[C@@]1(C(=O)OC)N[C@H](CN(C)S(=O)(=O)c2ccc(C(F)(F)F)cc2)[C@@H]2C(=O)N(C)C(=O)[C@@H]21.O=C(O)C(F)(F)F. The average Bonchev–Trinajstić information content (AvgIpc) is 3.31. The number of methoxy groups -OCH3 is 1. The molecular weight excluding hydrogens is 580 g/mol. The zero-order chi connectivity index (χ0) is 31.0. The number of sulfonamides is 1. The first-order valence-corrected chi connectivity index (χ1v) is 12.7. The molecule has 1 aromatic carbocycles. The number of carbonyl (C=O) groups is 4. The highest BCUT2D eigenvalue weighted by Gasteiger charge is 2.67. The van der Waals surface area contributed by atoms with Crippen molar-refractivity contribution in [1.29, 1.82) is 0 Å². The minimum atomic E-state index is -5.08. The number of carboxylic acids is 1. The van der Waals surface area contributed by atoms with E-state index in [1.165, 1.54) is 14.1 Å². The third-order valence-corrected chi connectivity index (χ3v) is 8.51. The normalized spacial score (nSPS) is 25.0. The molecule has 1 aromatic rings. The number of carboxylic acid groups (broad SMARTS) is 1. The van der Waals surface area contributed by atoms with Crippen molar-refractivity contribution >= 4 is 33.8 Å². The fraction of sp³-hybridized carbons (Fsp3) is 0.545. The number of rotatable bonds is 6. The van der Waals surface area contributed by atoms with E-state index in [1.807, 2.05) is 0 Å². The Morgan fingerprint density at radius 2 is 1.60 bits per heavy atom. The smallest absolute Gasteiger partial charge is 0.475 e. The summed E-state index contributed by atoms with van der Waals surface area (Å²) in [6, 6.07) is 2.12. The van der Waals surface area contributed by atoms with E-state index in [1.54, 1.807) is 6.92 Å². The van der Waals surface area contributed by atoms with Crippen LogP contribution in [-0.2, 0) is 40.1 Å². The molecule has 2 aliphatic heterocycles. The number of imide groups is 1. The summed E-state index contributed by atoms with van der Waals surface area (Å²) >= 11 is 0. The molecule has 224 valence electrons. The first-order chi connectivity index (χ1) is 18.2. The molecule has 2 fully saturated rings. The number of alkyl halides is 6. The fourth-order valence-electron chi connectivity index (χ4n) is 4.63. The number of amides is 2. The Bertz CT molecular complexity index is 1270. The van der Waals surface area contributed by atoms with Crippen LogP contribution >= 0.6 is 0 Å². The molecule has 0 unspecified atom stereocenters. The van der Waals surface area contributed by atoms with Crippen molar-refractivity contribution in [3.63, 3.8) is 0 Å². The van der Waals surface area contributed by atoms with Crippen molar-refractivity contribution < 1.29 is 63.8 Å². The van der Waals surface area contributed by atoms with E-state index in [2.05, 4.69) is 5.32 Å². The van der Waals surface area contributed by atoms with Crippen LogP contribution in [0, 0.1) is 11.8 Å². The number of likely N-dealkylation sites (N-methyl/N-ethyl adjacent to an activating group) is 1. The maximum Gasteiger partial charge on any atom is 0.490 e. The van der Waals surface area contributed by atoms with Crippen LogP contribution in [0.25, 0.3) is 0 Å². The molecule has 3 rings (SSSR count). The summed E-state index contributed by atoms with van der Waals surface area (Å²) in [7, 11) is -0.584. The number of benzene rings is 1. The predicted molar refractivity (Wildman–Crippen MR) is 122 cm³/mol. The van der Waals surface area contributed by atoms with E-state index >= 15 is 0 Å². The number of nitrogens with zero attached hydrogens (tertiary/aromatic N) is 2.